The van der Waals surface area contributed by atoms with Gasteiger partial charge in [0.15, 0.2) is 0 Å². The number of hydrogen-bond acceptors (Lipinski definition) is 5. The number of carbonyl (C=O) groups excluding carboxylic acids is 2. The average Bonchev–Trinajstić information content (AvgIpc) is 3.34. The van der Waals surface area contributed by atoms with Crippen molar-refractivity contribution in [1.82, 2.24) is 9.91 Å². The van der Waals surface area contributed by atoms with Crippen molar-refractivity contribution < 1.29 is 9.59 Å². The van der Waals surface area contributed by atoms with Crippen LogP contribution in [0.4, 0.5) is 0 Å². The van der Waals surface area contributed by atoms with E-state index in [1.54, 1.807) is 23.3 Å². The lowest BCUT2D eigenvalue weighted by molar-refractivity contribution is -0.123. The van der Waals surface area contributed by atoms with Gasteiger partial charge in [-0.2, -0.15) is 0 Å². The van der Waals surface area contributed by atoms with E-state index >= 15 is 0 Å². The van der Waals surface area contributed by atoms with Crippen LogP contribution in [0.25, 0.3) is 17.5 Å². The first-order valence-corrected chi connectivity index (χ1v) is 9.73. The summed E-state index contributed by atoms with van der Waals surface area (Å²) >= 11 is 3.06. The Bertz CT molecular complexity index is 1040. The molecular weight excluding hydrogens is 366 g/mol. The second kappa shape index (κ2) is 6.05. The number of rotatable bonds is 3. The van der Waals surface area contributed by atoms with E-state index < -0.39 is 0 Å². The summed E-state index contributed by atoms with van der Waals surface area (Å²) in [6.07, 6.45) is 3.93. The number of nitrogens with two attached hydrogens (primary N) is 1. The summed E-state index contributed by atoms with van der Waals surface area (Å²) in [6.45, 7) is 3.94. The van der Waals surface area contributed by atoms with Crippen LogP contribution in [0.5, 0.6) is 0 Å². The predicted molar refractivity (Wildman–Crippen MR) is 106 cm³/mol. The van der Waals surface area contributed by atoms with E-state index in [2.05, 4.69) is 0 Å². The first-order chi connectivity index (χ1) is 12.4. The fourth-order valence-electron chi connectivity index (χ4n) is 3.26. The predicted octanol–water partition coefficient (Wildman–Crippen LogP) is 3.46. The second-order valence-electron chi connectivity index (χ2n) is 6.10. The smallest absolute Gasteiger partial charge is 0.275 e. The molecule has 0 fully saturated rings. The third-order valence-electron chi connectivity index (χ3n) is 4.42. The Morgan fingerprint density at radius 1 is 0.962 bits per heavy atom. The van der Waals surface area contributed by atoms with Crippen LogP contribution < -0.4 is 5.84 Å². The maximum Gasteiger partial charge on any atom is 0.275 e. The van der Waals surface area contributed by atoms with E-state index in [0.29, 0.717) is 22.5 Å². The molecule has 0 spiro atoms. The lowest BCUT2D eigenvalue weighted by Crippen LogP contribution is -2.33. The molecule has 2 aromatic rings. The van der Waals surface area contributed by atoms with Crippen molar-refractivity contribution in [3.05, 3.63) is 61.0 Å². The molecule has 2 aromatic heterocycles. The van der Waals surface area contributed by atoms with Crippen molar-refractivity contribution in [2.24, 2.45) is 5.84 Å². The highest BCUT2D eigenvalue weighted by Gasteiger charge is 2.47. The van der Waals surface area contributed by atoms with Gasteiger partial charge in [-0.1, -0.05) is 6.08 Å². The van der Waals surface area contributed by atoms with Crippen LogP contribution in [0.1, 0.15) is 26.4 Å². The van der Waals surface area contributed by atoms with Gasteiger partial charge in [-0.3, -0.25) is 9.59 Å². The van der Waals surface area contributed by atoms with Gasteiger partial charge in [0.2, 0.25) is 0 Å². The minimum absolute atomic E-state index is 0.196. The minimum Gasteiger partial charge on any atom is -0.309 e. The summed E-state index contributed by atoms with van der Waals surface area (Å²) < 4.78 is 0. The normalized spacial score (nSPS) is 17.5. The Morgan fingerprint density at radius 3 is 2.27 bits per heavy atom. The number of thiophene rings is 2. The van der Waals surface area contributed by atoms with E-state index in [4.69, 9.17) is 5.84 Å². The quantitative estimate of drug-likeness (QED) is 0.652. The van der Waals surface area contributed by atoms with Crippen LogP contribution in [-0.4, -0.2) is 28.8 Å². The lowest BCUT2D eigenvalue weighted by Gasteiger charge is -2.17. The van der Waals surface area contributed by atoms with Crippen LogP contribution in [0.2, 0.25) is 0 Å². The van der Waals surface area contributed by atoms with Crippen molar-refractivity contribution in [2.75, 3.05) is 7.05 Å². The maximum absolute atomic E-state index is 13.0. The summed E-state index contributed by atoms with van der Waals surface area (Å²) in [4.78, 5) is 31.3. The lowest BCUT2D eigenvalue weighted by atomic mass is 10.1. The van der Waals surface area contributed by atoms with E-state index in [9.17, 15) is 9.59 Å². The molecule has 5 nitrogen and oxygen atoms in total. The molecule has 0 aromatic carbocycles. The SMILES string of the molecule is C/C=C/c1ccc(C2=C3C(=O)N(C)C(c4ccc(C)s4)=C3C(=O)N2N)s1. The number of carbonyl (C=O) groups is 2. The molecule has 0 unspecified atom stereocenters. The van der Waals surface area contributed by atoms with Gasteiger partial charge >= 0.3 is 0 Å². The Balaban J connectivity index is 1.95. The highest BCUT2D eigenvalue weighted by atomic mass is 32.1. The molecule has 4 heterocycles. The molecule has 2 aliphatic heterocycles. The zero-order valence-electron chi connectivity index (χ0n) is 14.6. The van der Waals surface area contributed by atoms with Crippen LogP contribution in [0.3, 0.4) is 0 Å². The Morgan fingerprint density at radius 2 is 1.62 bits per heavy atom. The van der Waals surface area contributed by atoms with Crippen molar-refractivity contribution in [2.45, 2.75) is 13.8 Å². The molecule has 26 heavy (non-hydrogen) atoms. The average molecular weight is 383 g/mol. The van der Waals surface area contributed by atoms with E-state index in [1.165, 1.54) is 11.3 Å². The topological polar surface area (TPSA) is 66.6 Å². The number of amides is 2. The third kappa shape index (κ3) is 2.32. The molecule has 2 N–H and O–H groups in total. The number of aryl methyl sites for hydroxylation is 1. The Hall–Kier alpha value is -2.48. The first kappa shape index (κ1) is 17.0. The fraction of sp³-hybridized carbons (Fsp3) is 0.158. The summed E-state index contributed by atoms with van der Waals surface area (Å²) in [5.41, 5.74) is 1.93. The number of allylic oxidation sites excluding steroid dienone is 1. The standard InChI is InChI=1S/C19H17N3O2S2/c1-4-5-11-7-9-13(26-11)17-15-14(19(24)22(17)20)16(21(3)18(15)23)12-8-6-10(2)25-12/h4-9H,20H2,1-3H3/b5-4+. The number of hydrogen-bond donors (Lipinski definition) is 1. The van der Waals surface area contributed by atoms with Gasteiger partial charge in [-0.15, -0.1) is 22.7 Å². The Kier molecular flexibility index (Phi) is 3.95. The van der Waals surface area contributed by atoms with Crippen LogP contribution in [-0.2, 0) is 9.59 Å². The number of fused-ring (bicyclic) bond motifs is 1. The van der Waals surface area contributed by atoms with Crippen molar-refractivity contribution in [3.63, 3.8) is 0 Å². The van der Waals surface area contributed by atoms with Gasteiger partial charge in [0.1, 0.15) is 0 Å². The molecule has 0 atom stereocenters. The summed E-state index contributed by atoms with van der Waals surface area (Å²) in [6, 6.07) is 7.78. The molecule has 0 radical (unpaired) electrons. The molecule has 0 saturated carbocycles. The molecule has 0 aliphatic carbocycles. The van der Waals surface area contributed by atoms with E-state index in [1.807, 2.05) is 50.3 Å². The van der Waals surface area contributed by atoms with Gasteiger partial charge in [0.25, 0.3) is 11.8 Å². The van der Waals surface area contributed by atoms with Crippen LogP contribution in [0.15, 0.2) is 41.5 Å². The molecule has 4 rings (SSSR count). The van der Waals surface area contributed by atoms with Gasteiger partial charge in [0, 0.05) is 16.8 Å². The van der Waals surface area contributed by atoms with E-state index in [0.717, 1.165) is 24.5 Å². The second-order valence-corrected chi connectivity index (χ2v) is 8.50. The van der Waals surface area contributed by atoms with Crippen LogP contribution in [0, 0.1) is 6.92 Å². The molecular formula is C19H17N3O2S2. The third-order valence-corrected chi connectivity index (χ3v) is 6.48. The Labute approximate surface area is 159 Å². The number of likely N-dealkylation sites (N-methyl/N-ethyl adjacent to an activating group) is 1. The minimum atomic E-state index is -0.338. The van der Waals surface area contributed by atoms with E-state index in [-0.39, 0.29) is 11.8 Å². The molecule has 132 valence electrons. The number of hydrazine groups is 1. The molecule has 0 bridgehead atoms. The van der Waals surface area contributed by atoms with Gasteiger partial charge in [-0.25, -0.2) is 10.9 Å². The van der Waals surface area contributed by atoms with Crippen LogP contribution >= 0.6 is 22.7 Å². The molecule has 2 aliphatic rings. The number of nitrogens with zero attached hydrogens (tertiary/aromatic N) is 2. The van der Waals surface area contributed by atoms with Crippen molar-refractivity contribution in [3.8, 4) is 0 Å². The van der Waals surface area contributed by atoms with Gasteiger partial charge in [0.05, 0.1) is 32.3 Å². The molecule has 2 amide bonds. The zero-order valence-corrected chi connectivity index (χ0v) is 16.2. The molecule has 7 heteroatoms. The maximum atomic E-state index is 13.0. The zero-order chi connectivity index (χ0) is 18.6. The summed E-state index contributed by atoms with van der Waals surface area (Å²) in [7, 11) is 1.70. The monoisotopic (exact) mass is 383 g/mol. The fourth-order valence-corrected chi connectivity index (χ4v) is 5.24. The summed E-state index contributed by atoms with van der Waals surface area (Å²) in [5.74, 6) is 5.56. The highest BCUT2D eigenvalue weighted by molar-refractivity contribution is 7.14. The summed E-state index contributed by atoms with van der Waals surface area (Å²) in [5, 5.41) is 1.11. The molecule has 0 saturated heterocycles. The largest absolute Gasteiger partial charge is 0.309 e. The highest BCUT2D eigenvalue weighted by Crippen LogP contribution is 2.46. The van der Waals surface area contributed by atoms with Gasteiger partial charge in [-0.05, 0) is 44.2 Å². The first-order valence-electron chi connectivity index (χ1n) is 8.10. The van der Waals surface area contributed by atoms with Crippen molar-refractivity contribution >= 4 is 52.0 Å². The van der Waals surface area contributed by atoms with Gasteiger partial charge < -0.3 is 4.90 Å². The van der Waals surface area contributed by atoms with Crippen molar-refractivity contribution in [1.29, 1.82) is 0 Å².